The third kappa shape index (κ3) is 4.86. The zero-order valence-electron chi connectivity index (χ0n) is 16.3. The number of amides is 1. The molecular formula is C21H18FN7O2. The van der Waals surface area contributed by atoms with E-state index in [-0.39, 0.29) is 17.3 Å². The van der Waals surface area contributed by atoms with Crippen molar-refractivity contribution in [2.24, 2.45) is 0 Å². The Balaban J connectivity index is 1.35. The molecule has 0 saturated heterocycles. The lowest BCUT2D eigenvalue weighted by Crippen LogP contribution is -2.28. The minimum absolute atomic E-state index is 0.240. The number of carbonyl (C=O) groups excluding carboxylic acids is 1. The van der Waals surface area contributed by atoms with Crippen LogP contribution in [-0.2, 0) is 6.54 Å². The van der Waals surface area contributed by atoms with Gasteiger partial charge in [0, 0.05) is 30.3 Å². The van der Waals surface area contributed by atoms with Crippen molar-refractivity contribution >= 4 is 5.91 Å². The van der Waals surface area contributed by atoms with Crippen LogP contribution in [0.25, 0.3) is 16.9 Å². The quantitative estimate of drug-likeness (QED) is 0.458. The minimum atomic E-state index is -0.337. The van der Waals surface area contributed by atoms with Crippen molar-refractivity contribution in [3.05, 3.63) is 88.7 Å². The Hall–Kier alpha value is -4.21. The summed E-state index contributed by atoms with van der Waals surface area (Å²) >= 11 is 0. The highest BCUT2D eigenvalue weighted by Gasteiger charge is 2.08. The van der Waals surface area contributed by atoms with E-state index in [4.69, 9.17) is 0 Å². The van der Waals surface area contributed by atoms with Crippen LogP contribution in [0.2, 0.25) is 0 Å². The second-order valence-electron chi connectivity index (χ2n) is 6.70. The van der Waals surface area contributed by atoms with Crippen LogP contribution >= 0.6 is 0 Å². The van der Waals surface area contributed by atoms with Gasteiger partial charge in [0.25, 0.3) is 11.5 Å². The molecule has 4 aromatic rings. The lowest BCUT2D eigenvalue weighted by atomic mass is 10.1. The van der Waals surface area contributed by atoms with Crippen LogP contribution in [0.1, 0.15) is 16.8 Å². The van der Waals surface area contributed by atoms with Gasteiger partial charge in [-0.3, -0.25) is 9.59 Å². The molecule has 0 aliphatic carbocycles. The highest BCUT2D eigenvalue weighted by molar-refractivity contribution is 5.94. The van der Waals surface area contributed by atoms with E-state index in [2.05, 4.69) is 25.9 Å². The van der Waals surface area contributed by atoms with Gasteiger partial charge in [-0.25, -0.2) is 13.8 Å². The summed E-state index contributed by atoms with van der Waals surface area (Å²) in [7, 11) is 0. The van der Waals surface area contributed by atoms with Gasteiger partial charge in [0.15, 0.2) is 0 Å². The van der Waals surface area contributed by atoms with Gasteiger partial charge >= 0.3 is 0 Å². The molecule has 0 atom stereocenters. The second kappa shape index (κ2) is 9.08. The van der Waals surface area contributed by atoms with E-state index in [0.29, 0.717) is 42.0 Å². The zero-order chi connectivity index (χ0) is 21.6. The Kier molecular flexibility index (Phi) is 5.88. The van der Waals surface area contributed by atoms with Crippen molar-refractivity contribution in [2.45, 2.75) is 13.0 Å². The summed E-state index contributed by atoms with van der Waals surface area (Å²) < 4.78 is 15.9. The summed E-state index contributed by atoms with van der Waals surface area (Å²) in [6.45, 7) is 0.696. The second-order valence-corrected chi connectivity index (χ2v) is 6.70. The minimum Gasteiger partial charge on any atom is -0.352 e. The first-order valence-corrected chi connectivity index (χ1v) is 9.56. The molecule has 0 spiro atoms. The lowest BCUT2D eigenvalue weighted by molar-refractivity contribution is 0.0952. The first-order valence-electron chi connectivity index (χ1n) is 9.56. The molecule has 156 valence electrons. The number of nitrogens with one attached hydrogen (secondary N) is 1. The fourth-order valence-corrected chi connectivity index (χ4v) is 2.99. The van der Waals surface area contributed by atoms with Gasteiger partial charge in [0.05, 0.1) is 11.4 Å². The normalized spacial score (nSPS) is 10.7. The van der Waals surface area contributed by atoms with Crippen LogP contribution in [-0.4, -0.2) is 42.4 Å². The first kappa shape index (κ1) is 20.1. The predicted molar refractivity (Wildman–Crippen MR) is 110 cm³/mol. The Morgan fingerprint density at radius 2 is 1.90 bits per heavy atom. The van der Waals surface area contributed by atoms with Gasteiger partial charge in [-0.15, -0.1) is 5.10 Å². The molecule has 0 radical (unpaired) electrons. The molecule has 10 heteroatoms. The maximum absolute atomic E-state index is 13.1. The van der Waals surface area contributed by atoms with Crippen LogP contribution in [0.5, 0.6) is 0 Å². The van der Waals surface area contributed by atoms with Crippen LogP contribution in [0.3, 0.4) is 0 Å². The van der Waals surface area contributed by atoms with Crippen molar-refractivity contribution in [3.8, 4) is 16.9 Å². The molecule has 0 saturated carbocycles. The van der Waals surface area contributed by atoms with Gasteiger partial charge in [-0.05, 0) is 65.4 Å². The van der Waals surface area contributed by atoms with E-state index in [1.165, 1.54) is 33.9 Å². The number of rotatable bonds is 7. The number of nitrogens with zero attached hydrogens (tertiary/aromatic N) is 6. The SMILES string of the molecule is O=C(NCCCn1nc(-c2ccc(F)cc2)ccc1=O)c1cccc(-n2cnnn2)c1. The molecule has 2 heterocycles. The van der Waals surface area contributed by atoms with Crippen molar-refractivity contribution < 1.29 is 9.18 Å². The highest BCUT2D eigenvalue weighted by atomic mass is 19.1. The molecule has 31 heavy (non-hydrogen) atoms. The number of halogens is 1. The van der Waals surface area contributed by atoms with Crippen LogP contribution in [0.15, 0.2) is 71.8 Å². The average molecular weight is 419 g/mol. The summed E-state index contributed by atoms with van der Waals surface area (Å²) in [4.78, 5) is 24.5. The molecule has 1 N–H and O–H groups in total. The molecule has 2 aromatic carbocycles. The van der Waals surface area contributed by atoms with Crippen molar-refractivity contribution in [1.29, 1.82) is 0 Å². The monoisotopic (exact) mass is 419 g/mol. The number of carbonyl (C=O) groups is 1. The van der Waals surface area contributed by atoms with Crippen LogP contribution in [0.4, 0.5) is 4.39 Å². The standard InChI is InChI=1S/C21H18FN7O2/c22-17-7-5-15(6-8-17)19-9-10-20(30)28(25-19)12-2-11-23-21(31)16-3-1-4-18(13-16)29-14-24-26-27-29/h1,3-10,13-14H,2,11-12H2,(H,23,31). The van der Waals surface area contributed by atoms with Crippen molar-refractivity contribution in [1.82, 2.24) is 35.3 Å². The molecule has 0 unspecified atom stereocenters. The molecule has 0 aliphatic heterocycles. The molecule has 4 rings (SSSR count). The van der Waals surface area contributed by atoms with E-state index in [0.717, 1.165) is 0 Å². The maximum atomic E-state index is 13.1. The largest absolute Gasteiger partial charge is 0.352 e. The number of hydrogen-bond acceptors (Lipinski definition) is 6. The van der Waals surface area contributed by atoms with Crippen molar-refractivity contribution in [3.63, 3.8) is 0 Å². The highest BCUT2D eigenvalue weighted by Crippen LogP contribution is 2.15. The van der Waals surface area contributed by atoms with Gasteiger partial charge in [-0.1, -0.05) is 6.07 Å². The Morgan fingerprint density at radius 1 is 1.06 bits per heavy atom. The van der Waals surface area contributed by atoms with E-state index < -0.39 is 0 Å². The molecule has 1 amide bonds. The predicted octanol–water partition coefficient (Wildman–Crippen LogP) is 1.85. The fraction of sp³-hybridized carbons (Fsp3) is 0.143. The zero-order valence-corrected chi connectivity index (χ0v) is 16.3. The van der Waals surface area contributed by atoms with E-state index in [9.17, 15) is 14.0 Å². The Morgan fingerprint density at radius 3 is 2.68 bits per heavy atom. The Labute approximate surface area is 176 Å². The molecule has 9 nitrogen and oxygen atoms in total. The smallest absolute Gasteiger partial charge is 0.266 e. The lowest BCUT2D eigenvalue weighted by Gasteiger charge is -2.09. The van der Waals surface area contributed by atoms with E-state index in [1.807, 2.05) is 0 Å². The Bertz CT molecular complexity index is 1240. The maximum Gasteiger partial charge on any atom is 0.266 e. The van der Waals surface area contributed by atoms with Gasteiger partial charge in [-0.2, -0.15) is 5.10 Å². The summed E-state index contributed by atoms with van der Waals surface area (Å²) in [5.74, 6) is -0.577. The van der Waals surface area contributed by atoms with Crippen LogP contribution < -0.4 is 10.9 Å². The third-order valence-corrected chi connectivity index (χ3v) is 4.56. The molecule has 0 aliphatic rings. The number of aromatic nitrogens is 6. The summed E-state index contributed by atoms with van der Waals surface area (Å²) in [5, 5.41) is 18.1. The molecule has 2 aromatic heterocycles. The summed E-state index contributed by atoms with van der Waals surface area (Å²) in [6.07, 6.45) is 1.96. The average Bonchev–Trinajstić information content (AvgIpc) is 3.33. The van der Waals surface area contributed by atoms with Gasteiger partial charge < -0.3 is 5.32 Å². The van der Waals surface area contributed by atoms with Crippen LogP contribution in [0, 0.1) is 5.82 Å². The summed E-state index contributed by atoms with van der Waals surface area (Å²) in [5.41, 5.74) is 2.19. The van der Waals surface area contributed by atoms with Crippen molar-refractivity contribution in [2.75, 3.05) is 6.54 Å². The number of benzene rings is 2. The number of hydrogen-bond donors (Lipinski definition) is 1. The molecule has 0 fully saturated rings. The number of aryl methyl sites for hydroxylation is 1. The van der Waals surface area contributed by atoms with E-state index in [1.54, 1.807) is 42.5 Å². The van der Waals surface area contributed by atoms with E-state index >= 15 is 0 Å². The molecular weight excluding hydrogens is 401 g/mol. The summed E-state index contributed by atoms with van der Waals surface area (Å²) in [6, 6.07) is 15.8. The van der Waals surface area contributed by atoms with Gasteiger partial charge in [0.2, 0.25) is 0 Å². The third-order valence-electron chi connectivity index (χ3n) is 4.56. The fourth-order valence-electron chi connectivity index (χ4n) is 2.99. The number of tetrazole rings is 1. The first-order chi connectivity index (χ1) is 15.1. The topological polar surface area (TPSA) is 108 Å². The van der Waals surface area contributed by atoms with Gasteiger partial charge in [0.1, 0.15) is 12.1 Å². The molecule has 0 bridgehead atoms.